The first kappa shape index (κ1) is 11.7. The highest BCUT2D eigenvalue weighted by Crippen LogP contribution is 2.29. The number of anilines is 1. The summed E-state index contributed by atoms with van der Waals surface area (Å²) >= 11 is 0. The summed E-state index contributed by atoms with van der Waals surface area (Å²) in [5.74, 6) is -0.196. The van der Waals surface area contributed by atoms with Crippen LogP contribution in [0.4, 0.5) is 10.1 Å². The molecule has 0 unspecified atom stereocenters. The molecule has 0 bridgehead atoms. The maximum absolute atomic E-state index is 14.3. The van der Waals surface area contributed by atoms with Crippen molar-refractivity contribution in [2.45, 2.75) is 32.2 Å². The Bertz CT molecular complexity index is 483. The molecule has 0 radical (unpaired) electrons. The van der Waals surface area contributed by atoms with Crippen molar-refractivity contribution in [2.24, 2.45) is 5.92 Å². The average molecular weight is 248 g/mol. The topological polar surface area (TPSA) is 41.1 Å². The zero-order valence-corrected chi connectivity index (χ0v) is 10.3. The van der Waals surface area contributed by atoms with Gasteiger partial charge in [0, 0.05) is 12.5 Å². The number of rotatable bonds is 2. The van der Waals surface area contributed by atoms with E-state index >= 15 is 0 Å². The summed E-state index contributed by atoms with van der Waals surface area (Å²) in [7, 11) is 0. The summed E-state index contributed by atoms with van der Waals surface area (Å²) in [6.07, 6.45) is 3.66. The van der Waals surface area contributed by atoms with Gasteiger partial charge < -0.3 is 10.6 Å². The second-order valence-corrected chi connectivity index (χ2v) is 5.11. The second-order valence-electron chi connectivity index (χ2n) is 5.11. The molecule has 1 heterocycles. The van der Waals surface area contributed by atoms with Crippen molar-refractivity contribution < 1.29 is 9.18 Å². The Labute approximate surface area is 106 Å². The second kappa shape index (κ2) is 4.69. The van der Waals surface area contributed by atoms with Crippen LogP contribution >= 0.6 is 0 Å². The first-order valence-corrected chi connectivity index (χ1v) is 6.57. The van der Waals surface area contributed by atoms with Crippen molar-refractivity contribution in [1.29, 1.82) is 0 Å². The third kappa shape index (κ3) is 2.01. The molecule has 0 aromatic heterocycles. The Morgan fingerprint density at radius 2 is 2.22 bits per heavy atom. The molecule has 1 aliphatic heterocycles. The lowest BCUT2D eigenvalue weighted by Gasteiger charge is -2.25. The van der Waals surface area contributed by atoms with E-state index in [1.807, 2.05) is 6.07 Å². The molecule has 96 valence electrons. The van der Waals surface area contributed by atoms with Crippen LogP contribution < -0.4 is 10.6 Å². The quantitative estimate of drug-likeness (QED) is 0.842. The molecule has 1 aromatic rings. The fourth-order valence-electron chi connectivity index (χ4n) is 2.54. The molecule has 4 heteroatoms. The first-order chi connectivity index (χ1) is 8.75. The maximum Gasteiger partial charge on any atom is 0.227 e. The van der Waals surface area contributed by atoms with Crippen molar-refractivity contribution >= 4 is 11.6 Å². The number of halogens is 1. The number of nitrogens with one attached hydrogen (secondary N) is 2. The number of amides is 1. The van der Waals surface area contributed by atoms with E-state index in [1.54, 1.807) is 6.07 Å². The molecule has 2 N–H and O–H groups in total. The molecule has 1 saturated carbocycles. The van der Waals surface area contributed by atoms with Crippen LogP contribution in [-0.2, 0) is 17.8 Å². The van der Waals surface area contributed by atoms with Crippen LogP contribution in [-0.4, -0.2) is 12.5 Å². The lowest BCUT2D eigenvalue weighted by atomic mass is 9.85. The Balaban J connectivity index is 1.81. The minimum absolute atomic E-state index is 0.0333. The summed E-state index contributed by atoms with van der Waals surface area (Å²) < 4.78 is 14.3. The van der Waals surface area contributed by atoms with Gasteiger partial charge >= 0.3 is 0 Å². The zero-order chi connectivity index (χ0) is 12.5. The average Bonchev–Trinajstić information content (AvgIpc) is 2.31. The van der Waals surface area contributed by atoms with E-state index in [2.05, 4.69) is 10.6 Å². The molecule has 18 heavy (non-hydrogen) atoms. The minimum atomic E-state index is -0.248. The van der Waals surface area contributed by atoms with E-state index in [4.69, 9.17) is 0 Å². The van der Waals surface area contributed by atoms with Gasteiger partial charge in [0.05, 0.1) is 5.69 Å². The summed E-state index contributed by atoms with van der Waals surface area (Å²) in [5.41, 5.74) is 2.09. The van der Waals surface area contributed by atoms with E-state index in [0.717, 1.165) is 36.9 Å². The van der Waals surface area contributed by atoms with Crippen molar-refractivity contribution in [3.63, 3.8) is 0 Å². The van der Waals surface area contributed by atoms with E-state index in [-0.39, 0.29) is 17.6 Å². The molecule has 3 rings (SSSR count). The molecule has 1 amide bonds. The highest BCUT2D eigenvalue weighted by molar-refractivity contribution is 5.93. The van der Waals surface area contributed by atoms with Gasteiger partial charge in [0.1, 0.15) is 5.82 Å². The molecule has 0 saturated heterocycles. The largest absolute Gasteiger partial charge is 0.323 e. The number of hydrogen-bond donors (Lipinski definition) is 2. The smallest absolute Gasteiger partial charge is 0.227 e. The highest BCUT2D eigenvalue weighted by atomic mass is 19.1. The number of carbonyl (C=O) groups is 1. The van der Waals surface area contributed by atoms with Crippen LogP contribution in [0.15, 0.2) is 12.1 Å². The van der Waals surface area contributed by atoms with Gasteiger partial charge in [0.25, 0.3) is 0 Å². The van der Waals surface area contributed by atoms with Crippen LogP contribution in [0, 0.1) is 11.7 Å². The molecule has 2 aliphatic rings. The van der Waals surface area contributed by atoms with Crippen molar-refractivity contribution in [2.75, 3.05) is 11.9 Å². The summed E-state index contributed by atoms with van der Waals surface area (Å²) in [6.45, 7) is 1.51. The third-order valence-electron chi connectivity index (χ3n) is 3.94. The van der Waals surface area contributed by atoms with Crippen LogP contribution in [0.1, 0.15) is 30.4 Å². The molecule has 0 atom stereocenters. The number of benzene rings is 1. The van der Waals surface area contributed by atoms with E-state index in [1.165, 1.54) is 0 Å². The Morgan fingerprint density at radius 3 is 2.94 bits per heavy atom. The van der Waals surface area contributed by atoms with Gasteiger partial charge in [0.2, 0.25) is 5.91 Å². The number of fused-ring (bicyclic) bond motifs is 1. The SMILES string of the molecule is O=C(Nc1ccc2c(c1F)CCNC2)C1CCC1. The standard InChI is InChI=1S/C14H17FN2O/c15-13-11-6-7-16-8-10(11)4-5-12(13)17-14(18)9-2-1-3-9/h4-5,9,16H,1-3,6-8H2,(H,17,18). The predicted molar refractivity (Wildman–Crippen MR) is 67.8 cm³/mol. The van der Waals surface area contributed by atoms with E-state index < -0.39 is 0 Å². The van der Waals surface area contributed by atoms with Crippen LogP contribution in [0.25, 0.3) is 0 Å². The lowest BCUT2D eigenvalue weighted by molar-refractivity contribution is -0.122. The van der Waals surface area contributed by atoms with Crippen molar-refractivity contribution in [1.82, 2.24) is 5.32 Å². The van der Waals surface area contributed by atoms with Gasteiger partial charge in [-0.25, -0.2) is 4.39 Å². The third-order valence-corrected chi connectivity index (χ3v) is 3.94. The molecular formula is C14H17FN2O. The normalized spacial score (nSPS) is 18.9. The maximum atomic E-state index is 14.3. The first-order valence-electron chi connectivity index (χ1n) is 6.57. The Kier molecular flexibility index (Phi) is 3.04. The van der Waals surface area contributed by atoms with Crippen LogP contribution in [0.2, 0.25) is 0 Å². The zero-order valence-electron chi connectivity index (χ0n) is 10.3. The molecule has 1 fully saturated rings. The summed E-state index contributed by atoms with van der Waals surface area (Å²) in [5, 5.41) is 5.94. The number of carbonyl (C=O) groups excluding carboxylic acids is 1. The predicted octanol–water partition coefficient (Wildman–Crippen LogP) is 2.21. The van der Waals surface area contributed by atoms with Gasteiger partial charge in [-0.3, -0.25) is 4.79 Å². The van der Waals surface area contributed by atoms with Crippen molar-refractivity contribution in [3.05, 3.63) is 29.1 Å². The molecular weight excluding hydrogens is 231 g/mol. The molecule has 0 spiro atoms. The fourth-order valence-corrected chi connectivity index (χ4v) is 2.54. The van der Waals surface area contributed by atoms with Gasteiger partial charge in [-0.1, -0.05) is 12.5 Å². The van der Waals surface area contributed by atoms with Crippen LogP contribution in [0.3, 0.4) is 0 Å². The Morgan fingerprint density at radius 1 is 1.39 bits per heavy atom. The fraction of sp³-hybridized carbons (Fsp3) is 0.500. The van der Waals surface area contributed by atoms with Gasteiger partial charge in [-0.05, 0) is 43.0 Å². The van der Waals surface area contributed by atoms with E-state index in [9.17, 15) is 9.18 Å². The molecule has 1 aromatic carbocycles. The Hall–Kier alpha value is -1.42. The monoisotopic (exact) mass is 248 g/mol. The van der Waals surface area contributed by atoms with Gasteiger partial charge in [0.15, 0.2) is 0 Å². The minimum Gasteiger partial charge on any atom is -0.323 e. The van der Waals surface area contributed by atoms with Gasteiger partial charge in [-0.15, -0.1) is 0 Å². The van der Waals surface area contributed by atoms with Crippen molar-refractivity contribution in [3.8, 4) is 0 Å². The molecule has 1 aliphatic carbocycles. The van der Waals surface area contributed by atoms with Crippen LogP contribution in [0.5, 0.6) is 0 Å². The highest BCUT2D eigenvalue weighted by Gasteiger charge is 2.26. The summed E-state index contributed by atoms with van der Waals surface area (Å²) in [6, 6.07) is 3.58. The lowest BCUT2D eigenvalue weighted by Crippen LogP contribution is -2.29. The summed E-state index contributed by atoms with van der Waals surface area (Å²) in [4.78, 5) is 11.8. The van der Waals surface area contributed by atoms with E-state index in [0.29, 0.717) is 18.7 Å². The van der Waals surface area contributed by atoms with Gasteiger partial charge in [-0.2, -0.15) is 0 Å². The molecule has 3 nitrogen and oxygen atoms in total. The number of hydrogen-bond acceptors (Lipinski definition) is 2.